The molecule has 12 heteroatoms. The molecule has 0 saturated carbocycles. The predicted molar refractivity (Wildman–Crippen MR) is 107 cm³/mol. The first-order chi connectivity index (χ1) is 14.3. The minimum atomic E-state index is -4.78. The van der Waals surface area contributed by atoms with Crippen molar-refractivity contribution in [2.24, 2.45) is 0 Å². The van der Waals surface area contributed by atoms with Gasteiger partial charge in [-0.05, 0) is 37.3 Å². The van der Waals surface area contributed by atoms with Gasteiger partial charge in [-0.25, -0.2) is 8.42 Å². The summed E-state index contributed by atoms with van der Waals surface area (Å²) in [6.07, 6.45) is -6.02. The molecule has 0 radical (unpaired) electrons. The molecule has 2 aromatic rings. The minimum Gasteiger partial charge on any atom is -0.452 e. The second-order valence-electron chi connectivity index (χ2n) is 6.33. The van der Waals surface area contributed by atoms with Gasteiger partial charge < -0.3 is 9.64 Å². The summed E-state index contributed by atoms with van der Waals surface area (Å²) < 4.78 is 69.9. The lowest BCUT2D eigenvalue weighted by atomic mass is 10.2. The molecule has 0 aliphatic carbocycles. The number of esters is 1. The normalized spacial score (nSPS) is 12.8. The van der Waals surface area contributed by atoms with E-state index in [0.29, 0.717) is 17.8 Å². The van der Waals surface area contributed by atoms with Crippen LogP contribution in [0.2, 0.25) is 5.02 Å². The molecule has 0 fully saturated rings. The van der Waals surface area contributed by atoms with Gasteiger partial charge in [-0.15, -0.1) is 0 Å². The van der Waals surface area contributed by atoms with E-state index in [1.165, 1.54) is 18.9 Å². The maximum atomic E-state index is 12.8. The van der Waals surface area contributed by atoms with Gasteiger partial charge in [0.15, 0.2) is 6.10 Å². The van der Waals surface area contributed by atoms with E-state index in [-0.39, 0.29) is 0 Å². The number of nitrogens with zero attached hydrogens (tertiary/aromatic N) is 1. The number of sulfonamides is 1. The van der Waals surface area contributed by atoms with E-state index in [1.807, 2.05) is 4.72 Å². The second-order valence-corrected chi connectivity index (χ2v) is 8.47. The molecule has 1 amide bonds. The van der Waals surface area contributed by atoms with Crippen LogP contribution in [0.1, 0.15) is 12.5 Å². The molecule has 1 unspecified atom stereocenters. The van der Waals surface area contributed by atoms with Crippen LogP contribution in [0, 0.1) is 0 Å². The van der Waals surface area contributed by atoms with E-state index in [9.17, 15) is 31.2 Å². The van der Waals surface area contributed by atoms with Crippen LogP contribution in [0.5, 0.6) is 0 Å². The van der Waals surface area contributed by atoms with Crippen LogP contribution in [0.25, 0.3) is 0 Å². The molecule has 0 heterocycles. The van der Waals surface area contributed by atoms with Gasteiger partial charge in [-0.2, -0.15) is 17.9 Å². The lowest BCUT2D eigenvalue weighted by Gasteiger charge is -2.21. The van der Waals surface area contributed by atoms with E-state index in [0.717, 1.165) is 6.07 Å². The first-order valence-electron chi connectivity index (χ1n) is 8.71. The molecule has 0 spiro atoms. The van der Waals surface area contributed by atoms with Gasteiger partial charge in [0, 0.05) is 12.7 Å². The molecule has 168 valence electrons. The fraction of sp³-hybridized carbons (Fsp3) is 0.263. The number of nitrogens with one attached hydrogen (secondary N) is 1. The molecule has 0 aliphatic rings. The van der Waals surface area contributed by atoms with Crippen LogP contribution in [-0.4, -0.2) is 40.0 Å². The molecule has 2 aromatic carbocycles. The number of rotatable bonds is 7. The fourth-order valence-corrected chi connectivity index (χ4v) is 3.95. The molecule has 0 aliphatic heterocycles. The molecule has 31 heavy (non-hydrogen) atoms. The van der Waals surface area contributed by atoms with Crippen molar-refractivity contribution in [3.05, 3.63) is 59.1 Å². The summed E-state index contributed by atoms with van der Waals surface area (Å²) in [5.74, 6) is -1.67. The van der Waals surface area contributed by atoms with Crippen molar-refractivity contribution in [3.63, 3.8) is 0 Å². The van der Waals surface area contributed by atoms with Crippen molar-refractivity contribution in [2.45, 2.75) is 24.1 Å². The summed E-state index contributed by atoms with van der Waals surface area (Å²) in [7, 11) is -3.09. The van der Waals surface area contributed by atoms with E-state index in [4.69, 9.17) is 16.3 Å². The lowest BCUT2D eigenvalue weighted by molar-refractivity contribution is -0.152. The van der Waals surface area contributed by atoms with Crippen molar-refractivity contribution in [2.75, 3.05) is 18.5 Å². The Morgan fingerprint density at radius 3 is 2.35 bits per heavy atom. The SMILES string of the molecule is CC(OC(=O)CNS(=O)(=O)c1cc(C(F)(F)F)ccc1Cl)C(=O)N(C)c1ccccc1. The van der Waals surface area contributed by atoms with Crippen molar-refractivity contribution in [1.82, 2.24) is 4.72 Å². The number of benzene rings is 2. The number of likely N-dealkylation sites (N-methyl/N-ethyl adjacent to an activating group) is 1. The summed E-state index contributed by atoms with van der Waals surface area (Å²) >= 11 is 5.71. The van der Waals surface area contributed by atoms with Gasteiger partial charge in [0.2, 0.25) is 10.0 Å². The molecule has 0 aromatic heterocycles. The highest BCUT2D eigenvalue weighted by molar-refractivity contribution is 7.89. The maximum Gasteiger partial charge on any atom is 0.416 e. The molecule has 0 saturated heterocycles. The highest BCUT2D eigenvalue weighted by atomic mass is 35.5. The Morgan fingerprint density at radius 1 is 1.16 bits per heavy atom. The Bertz CT molecular complexity index is 1060. The first kappa shape index (κ1) is 24.6. The number of carbonyl (C=O) groups is 2. The molecule has 1 atom stereocenters. The minimum absolute atomic E-state index is 0.358. The molecule has 7 nitrogen and oxygen atoms in total. The van der Waals surface area contributed by atoms with E-state index < -0.39 is 56.2 Å². The van der Waals surface area contributed by atoms with Crippen LogP contribution in [0.3, 0.4) is 0 Å². The monoisotopic (exact) mass is 478 g/mol. The Balaban J connectivity index is 2.02. The largest absolute Gasteiger partial charge is 0.452 e. The molecule has 2 rings (SSSR count). The Morgan fingerprint density at radius 2 is 1.77 bits per heavy atom. The van der Waals surface area contributed by atoms with Crippen molar-refractivity contribution in [3.8, 4) is 0 Å². The number of hydrogen-bond donors (Lipinski definition) is 1. The highest BCUT2D eigenvalue weighted by Crippen LogP contribution is 2.33. The number of carbonyl (C=O) groups excluding carboxylic acids is 2. The lowest BCUT2D eigenvalue weighted by Crippen LogP contribution is -2.39. The van der Waals surface area contributed by atoms with Crippen molar-refractivity contribution >= 4 is 39.2 Å². The van der Waals surface area contributed by atoms with E-state index in [1.54, 1.807) is 30.3 Å². The number of alkyl halides is 3. The second kappa shape index (κ2) is 9.67. The average molecular weight is 479 g/mol. The molecular weight excluding hydrogens is 461 g/mol. The number of anilines is 1. The zero-order valence-corrected chi connectivity index (χ0v) is 17.9. The van der Waals surface area contributed by atoms with E-state index in [2.05, 4.69) is 0 Å². The topological polar surface area (TPSA) is 92.8 Å². The number of halogens is 4. The fourth-order valence-electron chi connectivity index (χ4n) is 2.46. The van der Waals surface area contributed by atoms with Gasteiger partial charge in [-0.1, -0.05) is 29.8 Å². The zero-order valence-electron chi connectivity index (χ0n) is 16.3. The Hall–Kier alpha value is -2.63. The van der Waals surface area contributed by atoms with Crippen LogP contribution < -0.4 is 9.62 Å². The van der Waals surface area contributed by atoms with Gasteiger partial charge in [-0.3, -0.25) is 9.59 Å². The maximum absolute atomic E-state index is 12.8. The standard InChI is InChI=1S/C19H18ClF3N2O5S/c1-12(18(27)25(2)14-6-4-3-5-7-14)30-17(26)11-24-31(28,29)16-10-13(19(21,22)23)8-9-15(16)20/h3-10,12,24H,11H2,1-2H3. The van der Waals surface area contributed by atoms with Gasteiger partial charge in [0.25, 0.3) is 5.91 Å². The summed E-state index contributed by atoms with van der Waals surface area (Å²) in [5.41, 5.74) is -0.668. The van der Waals surface area contributed by atoms with Gasteiger partial charge in [0.1, 0.15) is 11.4 Å². The summed E-state index contributed by atoms with van der Waals surface area (Å²) in [4.78, 5) is 24.7. The molecule has 1 N–H and O–H groups in total. The summed E-state index contributed by atoms with van der Waals surface area (Å²) in [6.45, 7) is 0.388. The van der Waals surface area contributed by atoms with Crippen LogP contribution in [0.15, 0.2) is 53.4 Å². The number of amides is 1. The van der Waals surface area contributed by atoms with Crippen molar-refractivity contribution < 1.29 is 35.9 Å². The number of para-hydroxylation sites is 1. The predicted octanol–water partition coefficient (Wildman–Crippen LogP) is 3.23. The molecule has 0 bridgehead atoms. The van der Waals surface area contributed by atoms with Crippen LogP contribution in [-0.2, 0) is 30.5 Å². The molecular formula is C19H18ClF3N2O5S. The third kappa shape index (κ3) is 6.42. The summed E-state index contributed by atoms with van der Waals surface area (Å²) in [6, 6.07) is 10.3. The first-order valence-corrected chi connectivity index (χ1v) is 10.6. The third-order valence-electron chi connectivity index (χ3n) is 4.08. The summed E-state index contributed by atoms with van der Waals surface area (Å²) in [5, 5.41) is -0.457. The van der Waals surface area contributed by atoms with Crippen LogP contribution >= 0.6 is 11.6 Å². The van der Waals surface area contributed by atoms with Crippen molar-refractivity contribution in [1.29, 1.82) is 0 Å². The average Bonchev–Trinajstić information content (AvgIpc) is 2.71. The number of hydrogen-bond acceptors (Lipinski definition) is 5. The number of ether oxygens (including phenoxy) is 1. The third-order valence-corrected chi connectivity index (χ3v) is 5.97. The Kier molecular flexibility index (Phi) is 7.68. The highest BCUT2D eigenvalue weighted by Gasteiger charge is 2.33. The quantitative estimate of drug-likeness (QED) is 0.617. The smallest absolute Gasteiger partial charge is 0.416 e. The Labute approximate surface area is 181 Å². The van der Waals surface area contributed by atoms with Gasteiger partial charge in [0.05, 0.1) is 10.6 Å². The van der Waals surface area contributed by atoms with Crippen LogP contribution in [0.4, 0.5) is 18.9 Å². The van der Waals surface area contributed by atoms with Gasteiger partial charge >= 0.3 is 12.1 Å². The zero-order chi connectivity index (χ0) is 23.4. The van der Waals surface area contributed by atoms with E-state index >= 15 is 0 Å².